The molecule has 2 atom stereocenters. The number of carboxylic acids is 1. The Kier molecular flexibility index (Phi) is 5.83. The minimum atomic E-state index is -0.927. The summed E-state index contributed by atoms with van der Waals surface area (Å²) in [6.07, 6.45) is 3.77. The van der Waals surface area contributed by atoms with Gasteiger partial charge in [0.1, 0.15) is 12.1 Å². The first-order valence-corrected chi connectivity index (χ1v) is 11.4. The Bertz CT molecular complexity index is 1130. The van der Waals surface area contributed by atoms with Crippen LogP contribution in [0.2, 0.25) is 0 Å². The van der Waals surface area contributed by atoms with Gasteiger partial charge >= 0.3 is 5.97 Å². The third-order valence-electron chi connectivity index (χ3n) is 6.82. The molecule has 7 heteroatoms. The summed E-state index contributed by atoms with van der Waals surface area (Å²) in [5.74, 6) is -0.927. The minimum Gasteiger partial charge on any atom is -0.478 e. The van der Waals surface area contributed by atoms with Crippen molar-refractivity contribution in [2.75, 3.05) is 40.3 Å². The van der Waals surface area contributed by atoms with Crippen LogP contribution in [0, 0.1) is 0 Å². The van der Waals surface area contributed by atoms with E-state index in [0.29, 0.717) is 5.57 Å². The van der Waals surface area contributed by atoms with Gasteiger partial charge < -0.3 is 10.0 Å². The molecular weight excluding hydrogens is 414 g/mol. The first-order chi connectivity index (χ1) is 16.0. The molecule has 5 rings (SSSR count). The standard InChI is InChI=1S/C26H29N5O2/c1-29-11-13-31(14-12-29)17-20-5-3-4-6-22(20)19-9-7-18(8-10-19)21-15-23(26(32)33)25-24(16-21)27-28-30(25)2/h3-10,15-16,24-25H,11-14,17H2,1-2H3,(H,32,33). The SMILES string of the molecule is CN1CCN(Cc2ccccc2-c2ccc(C3=CC4N=NN(C)C4C(C(=O)O)=C3)cc2)CC1. The number of piperazine rings is 1. The molecule has 1 saturated heterocycles. The molecule has 0 aromatic heterocycles. The molecule has 33 heavy (non-hydrogen) atoms. The second kappa shape index (κ2) is 8.92. The summed E-state index contributed by atoms with van der Waals surface area (Å²) < 4.78 is 0. The van der Waals surface area contributed by atoms with Crippen LogP contribution in [0.4, 0.5) is 0 Å². The van der Waals surface area contributed by atoms with Gasteiger partial charge in [-0.1, -0.05) is 53.8 Å². The number of rotatable bonds is 5. The molecule has 0 bridgehead atoms. The number of nitrogens with zero attached hydrogens (tertiary/aromatic N) is 5. The Labute approximate surface area is 194 Å². The van der Waals surface area contributed by atoms with Crippen molar-refractivity contribution in [1.82, 2.24) is 14.8 Å². The molecular formula is C26H29N5O2. The lowest BCUT2D eigenvalue weighted by Crippen LogP contribution is -2.43. The molecule has 1 N–H and O–H groups in total. The molecule has 170 valence electrons. The van der Waals surface area contributed by atoms with Gasteiger partial charge in [0.05, 0.1) is 5.57 Å². The van der Waals surface area contributed by atoms with Crippen LogP contribution in [0.15, 0.2) is 76.6 Å². The number of likely N-dealkylation sites (N-methyl/N-ethyl adjacent to an activating group) is 2. The fourth-order valence-electron chi connectivity index (χ4n) is 4.87. The van der Waals surface area contributed by atoms with Crippen LogP contribution in [-0.4, -0.2) is 78.2 Å². The summed E-state index contributed by atoms with van der Waals surface area (Å²) in [6, 6.07) is 16.4. The second-order valence-corrected chi connectivity index (χ2v) is 9.05. The highest BCUT2D eigenvalue weighted by Gasteiger charge is 2.38. The number of hydrogen-bond acceptors (Lipinski definition) is 6. The number of allylic oxidation sites excluding steroid dienone is 2. The molecule has 0 radical (unpaired) electrons. The lowest BCUT2D eigenvalue weighted by Gasteiger charge is -2.32. The van der Waals surface area contributed by atoms with E-state index in [0.717, 1.165) is 43.9 Å². The highest BCUT2D eigenvalue weighted by molar-refractivity contribution is 5.94. The van der Waals surface area contributed by atoms with Crippen molar-refractivity contribution < 1.29 is 9.90 Å². The van der Waals surface area contributed by atoms with Crippen molar-refractivity contribution in [3.8, 4) is 11.1 Å². The highest BCUT2D eigenvalue weighted by Crippen LogP contribution is 2.34. The minimum absolute atomic E-state index is 0.273. The summed E-state index contributed by atoms with van der Waals surface area (Å²) >= 11 is 0. The van der Waals surface area contributed by atoms with Crippen LogP contribution < -0.4 is 0 Å². The fraction of sp³-hybridized carbons (Fsp3) is 0.346. The predicted molar refractivity (Wildman–Crippen MR) is 129 cm³/mol. The van der Waals surface area contributed by atoms with Crippen LogP contribution >= 0.6 is 0 Å². The lowest BCUT2D eigenvalue weighted by atomic mass is 9.87. The summed E-state index contributed by atoms with van der Waals surface area (Å²) in [7, 11) is 3.94. The summed E-state index contributed by atoms with van der Waals surface area (Å²) in [5.41, 5.74) is 5.93. The van der Waals surface area contributed by atoms with Crippen LogP contribution in [0.3, 0.4) is 0 Å². The average Bonchev–Trinajstić information content (AvgIpc) is 3.21. The van der Waals surface area contributed by atoms with E-state index in [1.54, 1.807) is 18.1 Å². The van der Waals surface area contributed by atoms with E-state index in [4.69, 9.17) is 0 Å². The molecule has 0 amide bonds. The zero-order valence-electron chi connectivity index (χ0n) is 19.1. The third kappa shape index (κ3) is 4.34. The van der Waals surface area contributed by atoms with E-state index in [9.17, 15) is 9.90 Å². The van der Waals surface area contributed by atoms with Crippen molar-refractivity contribution in [3.05, 3.63) is 77.4 Å². The molecule has 1 aliphatic carbocycles. The van der Waals surface area contributed by atoms with Crippen LogP contribution in [0.25, 0.3) is 16.7 Å². The number of aliphatic carboxylic acids is 1. The van der Waals surface area contributed by atoms with Gasteiger partial charge in [-0.3, -0.25) is 9.91 Å². The van der Waals surface area contributed by atoms with Gasteiger partial charge in [0, 0.05) is 39.8 Å². The number of hydrogen-bond donors (Lipinski definition) is 1. The third-order valence-corrected chi connectivity index (χ3v) is 6.82. The van der Waals surface area contributed by atoms with E-state index >= 15 is 0 Å². The number of carboxylic acid groups (broad SMARTS) is 1. The van der Waals surface area contributed by atoms with Gasteiger partial charge in [0.25, 0.3) is 0 Å². The number of fused-ring (bicyclic) bond motifs is 1. The first-order valence-electron chi connectivity index (χ1n) is 11.4. The number of benzene rings is 2. The first kappa shape index (κ1) is 21.6. The van der Waals surface area contributed by atoms with Gasteiger partial charge in [-0.15, -0.1) is 0 Å². The van der Waals surface area contributed by atoms with Crippen LogP contribution in [0.5, 0.6) is 0 Å². The molecule has 1 fully saturated rings. The molecule has 2 aromatic carbocycles. The molecule has 2 aromatic rings. The summed E-state index contributed by atoms with van der Waals surface area (Å²) in [5, 5.41) is 19.7. The Morgan fingerprint density at radius 2 is 1.70 bits per heavy atom. The monoisotopic (exact) mass is 443 g/mol. The zero-order chi connectivity index (χ0) is 22.9. The van der Waals surface area contributed by atoms with Gasteiger partial charge in [0.2, 0.25) is 0 Å². The molecule has 0 saturated carbocycles. The van der Waals surface area contributed by atoms with E-state index in [2.05, 4.69) is 75.7 Å². The van der Waals surface area contributed by atoms with Crippen molar-refractivity contribution in [2.24, 2.45) is 10.3 Å². The van der Waals surface area contributed by atoms with Gasteiger partial charge in [-0.05, 0) is 47.0 Å². The van der Waals surface area contributed by atoms with Crippen molar-refractivity contribution in [2.45, 2.75) is 18.6 Å². The van der Waals surface area contributed by atoms with Crippen molar-refractivity contribution in [1.29, 1.82) is 0 Å². The quantitative estimate of drug-likeness (QED) is 0.765. The largest absolute Gasteiger partial charge is 0.478 e. The maximum Gasteiger partial charge on any atom is 0.333 e. The van der Waals surface area contributed by atoms with E-state index in [1.165, 1.54) is 16.7 Å². The Hall–Kier alpha value is -3.29. The molecule has 3 aliphatic rings. The van der Waals surface area contributed by atoms with E-state index in [1.807, 2.05) is 6.08 Å². The van der Waals surface area contributed by atoms with Crippen LogP contribution in [-0.2, 0) is 11.3 Å². The zero-order valence-corrected chi connectivity index (χ0v) is 19.1. The smallest absolute Gasteiger partial charge is 0.333 e. The summed E-state index contributed by atoms with van der Waals surface area (Å²) in [6.45, 7) is 5.34. The fourth-order valence-corrected chi connectivity index (χ4v) is 4.87. The second-order valence-electron chi connectivity index (χ2n) is 9.05. The molecule has 0 spiro atoms. The van der Waals surface area contributed by atoms with Gasteiger partial charge in [-0.2, -0.15) is 5.11 Å². The predicted octanol–water partition coefficient (Wildman–Crippen LogP) is 3.56. The summed E-state index contributed by atoms with van der Waals surface area (Å²) in [4.78, 5) is 16.8. The topological polar surface area (TPSA) is 71.7 Å². The van der Waals surface area contributed by atoms with Crippen LogP contribution in [0.1, 0.15) is 11.1 Å². The maximum atomic E-state index is 11.9. The molecule has 2 unspecified atom stereocenters. The number of carbonyl (C=O) groups is 1. The van der Waals surface area contributed by atoms with E-state index in [-0.39, 0.29) is 12.1 Å². The molecule has 2 heterocycles. The van der Waals surface area contributed by atoms with Crippen molar-refractivity contribution >= 4 is 11.5 Å². The Morgan fingerprint density at radius 1 is 1.00 bits per heavy atom. The highest BCUT2D eigenvalue weighted by atomic mass is 16.4. The average molecular weight is 444 g/mol. The Balaban J connectivity index is 1.39. The molecule has 2 aliphatic heterocycles. The normalized spacial score (nSPS) is 23.3. The maximum absolute atomic E-state index is 11.9. The van der Waals surface area contributed by atoms with Gasteiger partial charge in [0.15, 0.2) is 0 Å². The van der Waals surface area contributed by atoms with Gasteiger partial charge in [-0.25, -0.2) is 4.79 Å². The van der Waals surface area contributed by atoms with E-state index < -0.39 is 5.97 Å². The molecule has 7 nitrogen and oxygen atoms in total. The van der Waals surface area contributed by atoms with Crippen molar-refractivity contribution in [3.63, 3.8) is 0 Å². The lowest BCUT2D eigenvalue weighted by molar-refractivity contribution is -0.133. The Morgan fingerprint density at radius 3 is 2.42 bits per heavy atom.